The molecule has 6 rings (SSSR count). The monoisotopic (exact) mass is 505 g/mol. The lowest BCUT2D eigenvalue weighted by atomic mass is 9.66. The van der Waals surface area contributed by atoms with Gasteiger partial charge in [-0.3, -0.25) is 4.79 Å². The molecular weight excluding hydrogens is 482 g/mol. The van der Waals surface area contributed by atoms with E-state index in [4.69, 9.17) is 28.4 Å². The third-order valence-corrected chi connectivity index (χ3v) is 7.09. The summed E-state index contributed by atoms with van der Waals surface area (Å²) in [5.41, 5.74) is 2.19. The summed E-state index contributed by atoms with van der Waals surface area (Å²) in [6.45, 7) is 0.122. The first-order valence-corrected chi connectivity index (χ1v) is 11.7. The first-order valence-electron chi connectivity index (χ1n) is 11.7. The van der Waals surface area contributed by atoms with Gasteiger partial charge in [-0.25, -0.2) is 9.78 Å². The maximum atomic E-state index is 13.2. The minimum atomic E-state index is -0.799. The number of nitrogens with zero attached hydrogens (tertiary/aromatic N) is 1. The molecule has 2 aromatic carbocycles. The van der Waals surface area contributed by atoms with Gasteiger partial charge in [0.15, 0.2) is 23.0 Å². The number of carbonyl (C=O) groups excluding carboxylic acids is 2. The number of benzene rings is 2. The van der Waals surface area contributed by atoms with E-state index in [1.807, 2.05) is 0 Å². The van der Waals surface area contributed by atoms with Gasteiger partial charge < -0.3 is 33.5 Å². The van der Waals surface area contributed by atoms with Crippen molar-refractivity contribution in [3.63, 3.8) is 0 Å². The Morgan fingerprint density at radius 3 is 2.35 bits per heavy atom. The van der Waals surface area contributed by atoms with Crippen molar-refractivity contribution >= 4 is 11.9 Å². The fourth-order valence-electron chi connectivity index (χ4n) is 5.42. The molecule has 10 nitrogen and oxygen atoms in total. The number of phenols is 1. The van der Waals surface area contributed by atoms with Gasteiger partial charge in [0.2, 0.25) is 12.5 Å². The second-order valence-corrected chi connectivity index (χ2v) is 8.95. The van der Waals surface area contributed by atoms with Gasteiger partial charge in [-0.2, -0.15) is 0 Å². The van der Waals surface area contributed by atoms with Crippen molar-refractivity contribution in [2.45, 2.75) is 12.0 Å². The molecular formula is C27H23NO9. The number of cyclic esters (lactones) is 1. The van der Waals surface area contributed by atoms with E-state index in [2.05, 4.69) is 4.98 Å². The summed E-state index contributed by atoms with van der Waals surface area (Å²) in [6, 6.07) is 11.9. The standard InChI is InChI=1S/C27H23NO9/c1-32-20-7-13(8-21(33-2)24(20)29)22-14-9-18-19(36-12-35-18)10-15(14)25(16-11-34-27(31)23(16)22)37-26(30)17-5-3-4-6-28-17/h3-10,16,22-23,25,29H,11-12H2,1-2H3/t16-,22+,23-,25+/m0/s1. The molecule has 0 spiro atoms. The first-order chi connectivity index (χ1) is 18.0. The van der Waals surface area contributed by atoms with Gasteiger partial charge in [0.1, 0.15) is 11.8 Å². The fraction of sp³-hybridized carbons (Fsp3) is 0.296. The van der Waals surface area contributed by atoms with Gasteiger partial charge in [0.25, 0.3) is 0 Å². The molecule has 1 saturated heterocycles. The highest BCUT2D eigenvalue weighted by Gasteiger charge is 2.54. The number of ether oxygens (including phenoxy) is 6. The van der Waals surface area contributed by atoms with E-state index in [-0.39, 0.29) is 36.3 Å². The smallest absolute Gasteiger partial charge is 0.357 e. The number of esters is 2. The van der Waals surface area contributed by atoms with Crippen LogP contribution in [0.25, 0.3) is 0 Å². The lowest BCUT2D eigenvalue weighted by Gasteiger charge is -2.38. The van der Waals surface area contributed by atoms with Crippen molar-refractivity contribution in [1.29, 1.82) is 0 Å². The predicted octanol–water partition coefficient (Wildman–Crippen LogP) is 3.37. The third kappa shape index (κ3) is 3.67. The number of aromatic nitrogens is 1. The average molecular weight is 505 g/mol. The summed E-state index contributed by atoms with van der Waals surface area (Å²) >= 11 is 0. The van der Waals surface area contributed by atoms with E-state index in [1.165, 1.54) is 20.4 Å². The number of hydrogen-bond acceptors (Lipinski definition) is 10. The highest BCUT2D eigenvalue weighted by Crippen LogP contribution is 2.56. The summed E-state index contributed by atoms with van der Waals surface area (Å²) in [5.74, 6) is -1.45. The number of fused-ring (bicyclic) bond motifs is 3. The Balaban J connectivity index is 1.53. The van der Waals surface area contributed by atoms with Crippen LogP contribution < -0.4 is 18.9 Å². The molecule has 2 aliphatic heterocycles. The van der Waals surface area contributed by atoms with Gasteiger partial charge in [-0.05, 0) is 47.5 Å². The Morgan fingerprint density at radius 2 is 1.70 bits per heavy atom. The van der Waals surface area contributed by atoms with E-state index in [1.54, 1.807) is 42.5 Å². The molecule has 37 heavy (non-hydrogen) atoms. The number of methoxy groups -OCH3 is 2. The normalized spacial score (nSPS) is 23.0. The van der Waals surface area contributed by atoms with Crippen LogP contribution >= 0.6 is 0 Å². The minimum absolute atomic E-state index is 0.0526. The Bertz CT molecular complexity index is 1370. The molecule has 3 heterocycles. The Hall–Kier alpha value is -4.47. The van der Waals surface area contributed by atoms with E-state index in [9.17, 15) is 14.7 Å². The second kappa shape index (κ2) is 8.88. The molecule has 4 atom stereocenters. The first kappa shape index (κ1) is 23.0. The van der Waals surface area contributed by atoms with Gasteiger partial charge in [0, 0.05) is 23.6 Å². The van der Waals surface area contributed by atoms with Crippen LogP contribution in [0.5, 0.6) is 28.7 Å². The van der Waals surface area contributed by atoms with Crippen LogP contribution in [0.15, 0.2) is 48.7 Å². The highest BCUT2D eigenvalue weighted by molar-refractivity contribution is 5.87. The van der Waals surface area contributed by atoms with Crippen LogP contribution in [-0.4, -0.2) is 49.6 Å². The summed E-state index contributed by atoms with van der Waals surface area (Å²) in [4.78, 5) is 30.3. The van der Waals surface area contributed by atoms with Gasteiger partial charge in [-0.1, -0.05) is 6.07 Å². The van der Waals surface area contributed by atoms with Crippen LogP contribution in [0.3, 0.4) is 0 Å². The fourth-order valence-corrected chi connectivity index (χ4v) is 5.42. The molecule has 0 radical (unpaired) electrons. The molecule has 1 aliphatic carbocycles. The summed E-state index contributed by atoms with van der Waals surface area (Å²) in [6.07, 6.45) is 0.712. The Morgan fingerprint density at radius 1 is 1.00 bits per heavy atom. The zero-order chi connectivity index (χ0) is 25.7. The number of hydrogen-bond donors (Lipinski definition) is 1. The highest BCUT2D eigenvalue weighted by atomic mass is 16.7. The van der Waals surface area contributed by atoms with Gasteiger partial charge in [-0.15, -0.1) is 0 Å². The molecule has 3 aromatic rings. The van der Waals surface area contributed by atoms with Crippen molar-refractivity contribution in [2.24, 2.45) is 11.8 Å². The molecule has 0 bridgehead atoms. The number of pyridine rings is 1. The van der Waals surface area contributed by atoms with E-state index in [0.717, 1.165) is 0 Å². The Labute approximate surface area is 211 Å². The van der Waals surface area contributed by atoms with Crippen LogP contribution in [0.4, 0.5) is 0 Å². The van der Waals surface area contributed by atoms with Crippen molar-refractivity contribution in [3.8, 4) is 28.7 Å². The third-order valence-electron chi connectivity index (χ3n) is 7.09. The van der Waals surface area contributed by atoms with E-state index < -0.39 is 35.8 Å². The van der Waals surface area contributed by atoms with Gasteiger partial charge >= 0.3 is 11.9 Å². The van der Waals surface area contributed by atoms with Crippen molar-refractivity contribution in [3.05, 3.63) is 71.0 Å². The second-order valence-electron chi connectivity index (χ2n) is 8.95. The number of phenolic OH excluding ortho intramolecular Hbond substituents is 1. The zero-order valence-electron chi connectivity index (χ0n) is 20.0. The average Bonchev–Trinajstić information content (AvgIpc) is 3.54. The Kier molecular flexibility index (Phi) is 5.51. The quantitative estimate of drug-likeness (QED) is 0.517. The topological polar surface area (TPSA) is 123 Å². The molecule has 0 saturated carbocycles. The zero-order valence-corrected chi connectivity index (χ0v) is 20.0. The summed E-state index contributed by atoms with van der Waals surface area (Å²) in [7, 11) is 2.87. The molecule has 1 fully saturated rings. The van der Waals surface area contributed by atoms with Gasteiger partial charge in [0.05, 0.1) is 26.7 Å². The van der Waals surface area contributed by atoms with Crippen LogP contribution in [0, 0.1) is 11.8 Å². The molecule has 0 unspecified atom stereocenters. The maximum Gasteiger partial charge on any atom is 0.357 e. The van der Waals surface area contributed by atoms with Crippen LogP contribution in [0.1, 0.15) is 39.2 Å². The lowest BCUT2D eigenvalue weighted by molar-refractivity contribution is -0.141. The molecule has 1 aromatic heterocycles. The molecule has 190 valence electrons. The summed E-state index contributed by atoms with van der Waals surface area (Å²) in [5, 5.41) is 10.5. The van der Waals surface area contributed by atoms with Crippen molar-refractivity contribution in [2.75, 3.05) is 27.6 Å². The minimum Gasteiger partial charge on any atom is -0.502 e. The van der Waals surface area contributed by atoms with Crippen LogP contribution in [0.2, 0.25) is 0 Å². The van der Waals surface area contributed by atoms with Crippen molar-refractivity contribution in [1.82, 2.24) is 4.98 Å². The molecule has 10 heteroatoms. The van der Waals surface area contributed by atoms with Crippen LogP contribution in [-0.2, 0) is 14.3 Å². The number of aromatic hydroxyl groups is 1. The number of rotatable bonds is 5. The SMILES string of the molecule is COc1cc([C@@H]2c3cc4c(cc3[C@@H](OC(=O)c3ccccn3)[C@H]3COC(=O)[C@H]23)OCO4)cc(OC)c1O. The summed E-state index contributed by atoms with van der Waals surface area (Å²) < 4.78 is 33.5. The lowest BCUT2D eigenvalue weighted by Crippen LogP contribution is -2.36. The largest absolute Gasteiger partial charge is 0.502 e. The predicted molar refractivity (Wildman–Crippen MR) is 126 cm³/mol. The van der Waals surface area contributed by atoms with E-state index >= 15 is 0 Å². The molecule has 0 amide bonds. The molecule has 1 N–H and O–H groups in total. The maximum absolute atomic E-state index is 13.2. The van der Waals surface area contributed by atoms with Crippen molar-refractivity contribution < 1.29 is 43.1 Å². The molecule has 3 aliphatic rings. The van der Waals surface area contributed by atoms with E-state index in [0.29, 0.717) is 28.2 Å². The number of carbonyl (C=O) groups is 2.